The maximum atomic E-state index is 14.5. The van der Waals surface area contributed by atoms with Gasteiger partial charge in [-0.1, -0.05) is 0 Å². The van der Waals surface area contributed by atoms with Crippen LogP contribution in [-0.2, 0) is 48.6 Å². The Morgan fingerprint density at radius 3 is 1.85 bits per heavy atom. The van der Waals surface area contributed by atoms with Crippen LogP contribution in [0.5, 0.6) is 0 Å². The van der Waals surface area contributed by atoms with E-state index in [4.69, 9.17) is 24.0 Å². The molecule has 4 aromatic rings. The van der Waals surface area contributed by atoms with Crippen LogP contribution >= 0.6 is 11.8 Å². The summed E-state index contributed by atoms with van der Waals surface area (Å²) in [5.74, 6) is -3.18. The van der Waals surface area contributed by atoms with E-state index in [0.29, 0.717) is 10.3 Å². The number of hydrogen-bond acceptors (Lipinski definition) is 13. The summed E-state index contributed by atoms with van der Waals surface area (Å²) < 4.78 is 17.0. The Kier molecular flexibility index (Phi) is 13.5. The van der Waals surface area contributed by atoms with Gasteiger partial charge in [0.25, 0.3) is 0 Å². The summed E-state index contributed by atoms with van der Waals surface area (Å²) >= 11 is 0.825. The molecule has 0 saturated carbocycles. The molecule has 2 N–H and O–H groups in total. The van der Waals surface area contributed by atoms with Crippen molar-refractivity contribution in [3.05, 3.63) is 130 Å². The van der Waals surface area contributed by atoms with Gasteiger partial charge in [-0.3, -0.25) is 4.79 Å². The van der Waals surface area contributed by atoms with Crippen molar-refractivity contribution >= 4 is 66.4 Å². The fraction of sp³-hybridized carbons (Fsp3) is 0.370. The van der Waals surface area contributed by atoms with E-state index in [0.717, 1.165) is 16.7 Å². The van der Waals surface area contributed by atoms with Crippen LogP contribution in [0.3, 0.4) is 0 Å². The predicted molar refractivity (Wildman–Crippen MR) is 236 cm³/mol. The molecular weight excluding hydrogens is 878 g/mol. The molecule has 3 heterocycles. The van der Waals surface area contributed by atoms with Crippen LogP contribution in [0.25, 0.3) is 0 Å². The summed E-state index contributed by atoms with van der Waals surface area (Å²) in [6.07, 6.45) is 0. The van der Waals surface area contributed by atoms with Crippen molar-refractivity contribution in [3.8, 4) is 0 Å². The SMILES string of the molecule is CC(=O)OCC1=C(C(=O)OC(C)(C)C)N2C(=O)[C@@H](NC(=O)/C(=N\OC(C)(C)C(=O)OC(C)(C)C)c3c[se]c(NC(c4ccccc4)(c4ccccc4)c4ccccc4)n3)[C@H]2SC1. The molecule has 0 unspecified atom stereocenters. The van der Waals surface area contributed by atoms with E-state index in [2.05, 4.69) is 15.8 Å². The molecule has 2 atom stereocenters. The summed E-state index contributed by atoms with van der Waals surface area (Å²) in [6, 6.07) is 28.9. The van der Waals surface area contributed by atoms with Gasteiger partial charge < -0.3 is 0 Å². The van der Waals surface area contributed by atoms with Crippen LogP contribution < -0.4 is 10.6 Å². The van der Waals surface area contributed by atoms with Gasteiger partial charge in [0.2, 0.25) is 0 Å². The van der Waals surface area contributed by atoms with Gasteiger partial charge in [-0.2, -0.15) is 0 Å². The molecule has 2 aliphatic rings. The number of benzene rings is 3. The first-order chi connectivity index (χ1) is 29.2. The molecule has 0 aliphatic carbocycles. The molecule has 0 spiro atoms. The maximum absolute atomic E-state index is 14.5. The van der Waals surface area contributed by atoms with Crippen LogP contribution in [-0.4, -0.2) is 100 Å². The van der Waals surface area contributed by atoms with Crippen LogP contribution in [0.2, 0.25) is 0 Å². The van der Waals surface area contributed by atoms with Gasteiger partial charge in [0, 0.05) is 6.92 Å². The number of carbonyl (C=O) groups is 5. The normalized spacial score (nSPS) is 17.0. The van der Waals surface area contributed by atoms with Gasteiger partial charge in [0.05, 0.1) is 0 Å². The topological polar surface area (TPSA) is 175 Å². The van der Waals surface area contributed by atoms with E-state index >= 15 is 0 Å². The van der Waals surface area contributed by atoms with Gasteiger partial charge in [-0.25, -0.2) is 0 Å². The van der Waals surface area contributed by atoms with Gasteiger partial charge in [0.15, 0.2) is 0 Å². The van der Waals surface area contributed by atoms with E-state index in [1.54, 1.807) is 46.5 Å². The third-order valence-corrected chi connectivity index (χ3v) is 12.4. The predicted octanol–water partition coefficient (Wildman–Crippen LogP) is 5.94. The first-order valence-corrected chi connectivity index (χ1v) is 22.8. The van der Waals surface area contributed by atoms with E-state index in [1.165, 1.54) is 37.4 Å². The fourth-order valence-electron chi connectivity index (χ4n) is 6.69. The fourth-order valence-corrected chi connectivity index (χ4v) is 9.59. The first kappa shape index (κ1) is 45.8. The molecule has 6 rings (SSSR count). The van der Waals surface area contributed by atoms with E-state index in [9.17, 15) is 24.0 Å². The molecule has 326 valence electrons. The number of amides is 2. The van der Waals surface area contributed by atoms with Gasteiger partial charge >= 0.3 is 341 Å². The number of hydrogen-bond donors (Lipinski definition) is 2. The van der Waals surface area contributed by atoms with Gasteiger partial charge in [0.1, 0.15) is 0 Å². The molecule has 2 amide bonds. The summed E-state index contributed by atoms with van der Waals surface area (Å²) in [6.45, 7) is 14.3. The number of aromatic nitrogens is 1. The minimum absolute atomic E-state index is 0.0305. The van der Waals surface area contributed by atoms with Gasteiger partial charge in [-0.15, -0.1) is 0 Å². The summed E-state index contributed by atoms with van der Waals surface area (Å²) in [5.41, 5.74) is -1.15. The molecule has 0 bridgehead atoms. The molecule has 62 heavy (non-hydrogen) atoms. The zero-order valence-electron chi connectivity index (χ0n) is 36.1. The molecule has 14 nitrogen and oxygen atoms in total. The third kappa shape index (κ3) is 10.3. The van der Waals surface area contributed by atoms with E-state index in [1.807, 2.05) is 91.0 Å². The standard InChI is InChI=1S/C46H51N5O9SSe/c1-28(52)57-25-29-26-61-39-35(38(54)51(39)36(29)40(55)58-43(2,3)4)48-37(53)34(50-60-45(8,9)41(56)59-44(5,6)7)33-27-62-42(47-33)49-46(30-19-13-10-14-20-30,31-21-15-11-16-22-31)32-23-17-12-18-24-32/h10-24,27,35,39H,25-26H2,1-9H3,(H,47,49)(H,48,53)/b50-34-/t35-,39-/m1/s1. The molecular formula is C46H51N5O9SSe. The number of nitrogens with one attached hydrogen (secondary N) is 2. The Morgan fingerprint density at radius 2 is 1.35 bits per heavy atom. The molecule has 16 heteroatoms. The van der Waals surface area contributed by atoms with Crippen molar-refractivity contribution in [2.24, 2.45) is 5.16 Å². The second-order valence-electron chi connectivity index (χ2n) is 17.1. The summed E-state index contributed by atoms with van der Waals surface area (Å²) in [5, 5.41) is 10.1. The van der Waals surface area contributed by atoms with Crippen LogP contribution in [0.1, 0.15) is 84.7 Å². The van der Waals surface area contributed by atoms with Crippen molar-refractivity contribution in [1.29, 1.82) is 0 Å². The Balaban J connectivity index is 1.36. The molecule has 3 aromatic carbocycles. The first-order valence-electron chi connectivity index (χ1n) is 19.9. The number of anilines is 1. The number of β-lactam (4-membered cyclic amide) rings is 1. The number of carbonyl (C=O) groups excluding carboxylic acids is 5. The quantitative estimate of drug-likeness (QED) is 0.0290. The van der Waals surface area contributed by atoms with Crippen LogP contribution in [0.15, 0.2) is 112 Å². The Bertz CT molecular complexity index is 2270. The number of nitrogens with zero attached hydrogens (tertiary/aromatic N) is 3. The molecule has 2 aliphatic heterocycles. The average molecular weight is 929 g/mol. The second kappa shape index (κ2) is 18.3. The zero-order chi connectivity index (χ0) is 45.0. The zero-order valence-corrected chi connectivity index (χ0v) is 38.7. The summed E-state index contributed by atoms with van der Waals surface area (Å²) in [7, 11) is 0. The van der Waals surface area contributed by atoms with Crippen molar-refractivity contribution in [2.75, 3.05) is 17.7 Å². The summed E-state index contributed by atoms with van der Waals surface area (Å²) in [4.78, 5) is 80.7. The van der Waals surface area contributed by atoms with E-state index in [-0.39, 0.29) is 29.5 Å². The van der Waals surface area contributed by atoms with Crippen molar-refractivity contribution in [3.63, 3.8) is 0 Å². The van der Waals surface area contributed by atoms with Crippen molar-refractivity contribution in [1.82, 2.24) is 15.2 Å². The number of fused-ring (bicyclic) bond motifs is 1. The molecule has 1 fully saturated rings. The Labute approximate surface area is 371 Å². The number of ether oxygens (including phenoxy) is 3. The monoisotopic (exact) mass is 929 g/mol. The Hall–Kier alpha value is -5.70. The van der Waals surface area contributed by atoms with Crippen molar-refractivity contribution < 1.29 is 43.0 Å². The van der Waals surface area contributed by atoms with Crippen LogP contribution in [0, 0.1) is 0 Å². The van der Waals surface area contributed by atoms with Crippen molar-refractivity contribution in [2.45, 2.75) is 96.1 Å². The number of thioether (sulfide) groups is 1. The molecule has 0 radical (unpaired) electrons. The Morgan fingerprint density at radius 1 is 0.823 bits per heavy atom. The minimum atomic E-state index is -1.63. The average Bonchev–Trinajstić information content (AvgIpc) is 3.68. The third-order valence-electron chi connectivity index (χ3n) is 9.51. The molecule has 1 saturated heterocycles. The number of oxime groups is 1. The molecule has 1 aromatic heterocycles. The number of esters is 3. The second-order valence-corrected chi connectivity index (χ2v) is 20.1. The van der Waals surface area contributed by atoms with Gasteiger partial charge in [-0.05, 0) is 20.8 Å². The number of rotatable bonds is 14. The van der Waals surface area contributed by atoms with Crippen LogP contribution in [0.4, 0.5) is 4.69 Å². The van der Waals surface area contributed by atoms with E-state index < -0.39 is 78.0 Å².